The van der Waals surface area contributed by atoms with E-state index in [1.54, 1.807) is 0 Å². The molecular formula is C13H11ClN2O4. The lowest BCUT2D eigenvalue weighted by Crippen LogP contribution is -2.42. The van der Waals surface area contributed by atoms with Gasteiger partial charge in [-0.2, -0.15) is 0 Å². The third kappa shape index (κ3) is 1.76. The first-order valence-electron chi connectivity index (χ1n) is 6.13. The minimum atomic E-state index is -0.975. The number of benzene rings is 1. The Balaban J connectivity index is 2.22. The van der Waals surface area contributed by atoms with Gasteiger partial charge in [0.2, 0.25) is 0 Å². The number of rotatable bonds is 2. The average molecular weight is 295 g/mol. The van der Waals surface area contributed by atoms with Crippen LogP contribution < -0.4 is 5.32 Å². The molecule has 0 radical (unpaired) electrons. The number of nitrogens with one attached hydrogen (secondary N) is 1. The number of hydrogen-bond donors (Lipinski definition) is 2. The predicted octanol–water partition coefficient (Wildman–Crippen LogP) is 2.79. The Bertz CT molecular complexity index is 644. The first-order valence-corrected chi connectivity index (χ1v) is 6.51. The lowest BCUT2D eigenvalue weighted by atomic mass is 9.78. The molecule has 0 amide bonds. The van der Waals surface area contributed by atoms with Gasteiger partial charge in [0.05, 0.1) is 21.2 Å². The number of nitrogens with zero attached hydrogens (tertiary/aromatic N) is 1. The summed E-state index contributed by atoms with van der Waals surface area (Å²) >= 11 is 6.08. The second-order valence-corrected chi connectivity index (χ2v) is 5.33. The Kier molecular flexibility index (Phi) is 2.90. The van der Waals surface area contributed by atoms with E-state index in [1.807, 2.05) is 12.2 Å². The molecule has 2 N–H and O–H groups in total. The molecule has 0 saturated heterocycles. The SMILES string of the molecule is O=C(O)[C@H]1Nc2c(Cl)ccc([N+](=O)[O-])c2[C@H]2C=CC[C@@H]12. The van der Waals surface area contributed by atoms with E-state index in [4.69, 9.17) is 11.6 Å². The van der Waals surface area contributed by atoms with Crippen molar-refractivity contribution in [3.8, 4) is 0 Å². The van der Waals surface area contributed by atoms with Crippen LogP contribution in [0.5, 0.6) is 0 Å². The summed E-state index contributed by atoms with van der Waals surface area (Å²) in [5.41, 5.74) is 0.821. The highest BCUT2D eigenvalue weighted by molar-refractivity contribution is 6.33. The van der Waals surface area contributed by atoms with Crippen LogP contribution in [0.1, 0.15) is 17.9 Å². The Labute approximate surface area is 119 Å². The van der Waals surface area contributed by atoms with Crippen LogP contribution in [0.25, 0.3) is 0 Å². The second-order valence-electron chi connectivity index (χ2n) is 4.93. The molecule has 20 heavy (non-hydrogen) atoms. The van der Waals surface area contributed by atoms with Gasteiger partial charge in [0.25, 0.3) is 5.69 Å². The fourth-order valence-electron chi connectivity index (χ4n) is 3.06. The Morgan fingerprint density at radius 2 is 2.25 bits per heavy atom. The topological polar surface area (TPSA) is 92.5 Å². The molecular weight excluding hydrogens is 284 g/mol. The molecule has 2 aliphatic rings. The van der Waals surface area contributed by atoms with Crippen LogP contribution in [-0.2, 0) is 4.79 Å². The minimum Gasteiger partial charge on any atom is -0.480 e. The standard InChI is InChI=1S/C13H11ClN2O4/c14-8-4-5-9(16(19)20)10-6-2-1-3-7(6)11(13(17)18)15-12(8)10/h1-2,4-7,11,15H,3H2,(H,17,18)/t6-,7+,11-/m0/s1. The summed E-state index contributed by atoms with van der Waals surface area (Å²) in [6.45, 7) is 0. The van der Waals surface area contributed by atoms with Crippen LogP contribution in [0.4, 0.5) is 11.4 Å². The molecule has 1 aliphatic heterocycles. The van der Waals surface area contributed by atoms with Crippen molar-refractivity contribution in [2.45, 2.75) is 18.4 Å². The van der Waals surface area contributed by atoms with E-state index in [0.29, 0.717) is 22.7 Å². The Morgan fingerprint density at radius 1 is 1.50 bits per heavy atom. The summed E-state index contributed by atoms with van der Waals surface area (Å²) in [5, 5.41) is 23.7. The van der Waals surface area contributed by atoms with Gasteiger partial charge < -0.3 is 10.4 Å². The molecule has 7 heteroatoms. The quantitative estimate of drug-likeness (QED) is 0.497. The van der Waals surface area contributed by atoms with Crippen molar-refractivity contribution in [1.29, 1.82) is 0 Å². The van der Waals surface area contributed by atoms with Gasteiger partial charge in [-0.15, -0.1) is 0 Å². The van der Waals surface area contributed by atoms with Gasteiger partial charge in [-0.3, -0.25) is 10.1 Å². The summed E-state index contributed by atoms with van der Waals surface area (Å²) in [4.78, 5) is 22.1. The smallest absolute Gasteiger partial charge is 0.326 e. The first-order chi connectivity index (χ1) is 9.50. The van der Waals surface area contributed by atoms with E-state index in [2.05, 4.69) is 5.32 Å². The number of nitro benzene ring substituents is 1. The highest BCUT2D eigenvalue weighted by Gasteiger charge is 2.44. The van der Waals surface area contributed by atoms with Crippen LogP contribution in [0, 0.1) is 16.0 Å². The second kappa shape index (κ2) is 4.49. The number of carbonyl (C=O) groups is 1. The lowest BCUT2D eigenvalue weighted by Gasteiger charge is -2.34. The van der Waals surface area contributed by atoms with Crippen molar-refractivity contribution in [3.05, 3.63) is 45.0 Å². The van der Waals surface area contributed by atoms with Crippen LogP contribution in [0.3, 0.4) is 0 Å². The molecule has 1 heterocycles. The molecule has 0 fully saturated rings. The van der Waals surface area contributed by atoms with Gasteiger partial charge in [0, 0.05) is 17.9 Å². The maximum Gasteiger partial charge on any atom is 0.326 e. The number of halogens is 1. The molecule has 1 aromatic rings. The number of carboxylic acid groups (broad SMARTS) is 1. The van der Waals surface area contributed by atoms with E-state index < -0.39 is 16.9 Å². The van der Waals surface area contributed by atoms with E-state index >= 15 is 0 Å². The van der Waals surface area contributed by atoms with Gasteiger partial charge in [0.15, 0.2) is 0 Å². The number of hydrogen-bond acceptors (Lipinski definition) is 4. The molecule has 3 atom stereocenters. The zero-order valence-electron chi connectivity index (χ0n) is 10.2. The van der Waals surface area contributed by atoms with Crippen molar-refractivity contribution in [3.63, 3.8) is 0 Å². The number of nitro groups is 1. The largest absolute Gasteiger partial charge is 0.480 e. The molecule has 6 nitrogen and oxygen atoms in total. The third-order valence-electron chi connectivity index (χ3n) is 3.91. The van der Waals surface area contributed by atoms with Gasteiger partial charge in [0.1, 0.15) is 6.04 Å². The van der Waals surface area contributed by atoms with E-state index in [-0.39, 0.29) is 17.5 Å². The van der Waals surface area contributed by atoms with E-state index in [0.717, 1.165) is 0 Å². The molecule has 104 valence electrons. The molecule has 1 aliphatic carbocycles. The Hall–Kier alpha value is -2.08. The van der Waals surface area contributed by atoms with E-state index in [1.165, 1.54) is 12.1 Å². The molecule has 1 aromatic carbocycles. The fourth-order valence-corrected chi connectivity index (χ4v) is 3.28. The maximum absolute atomic E-state index is 11.4. The zero-order valence-corrected chi connectivity index (χ0v) is 11.0. The summed E-state index contributed by atoms with van der Waals surface area (Å²) in [5.74, 6) is -1.49. The summed E-state index contributed by atoms with van der Waals surface area (Å²) in [6.07, 6.45) is 4.29. The summed E-state index contributed by atoms with van der Waals surface area (Å²) < 4.78 is 0. The first kappa shape index (κ1) is 12.9. The normalized spacial score (nSPS) is 26.6. The highest BCUT2D eigenvalue weighted by Crippen LogP contribution is 2.50. The monoisotopic (exact) mass is 294 g/mol. The van der Waals surface area contributed by atoms with Gasteiger partial charge >= 0.3 is 5.97 Å². The van der Waals surface area contributed by atoms with Crippen molar-refractivity contribution < 1.29 is 14.8 Å². The molecule has 0 saturated carbocycles. The fraction of sp³-hybridized carbons (Fsp3) is 0.308. The van der Waals surface area contributed by atoms with Crippen LogP contribution in [-0.4, -0.2) is 22.0 Å². The molecule has 3 rings (SSSR count). The van der Waals surface area contributed by atoms with Crippen molar-refractivity contribution in [2.24, 2.45) is 5.92 Å². The van der Waals surface area contributed by atoms with Gasteiger partial charge in [-0.25, -0.2) is 4.79 Å². The van der Waals surface area contributed by atoms with Crippen LogP contribution in [0.15, 0.2) is 24.3 Å². The number of aliphatic carboxylic acids is 1. The van der Waals surface area contributed by atoms with Crippen LogP contribution >= 0.6 is 11.6 Å². The number of anilines is 1. The summed E-state index contributed by atoms with van der Waals surface area (Å²) in [6, 6.07) is 2.00. The molecule has 0 unspecified atom stereocenters. The minimum absolute atomic E-state index is 0.0257. The highest BCUT2D eigenvalue weighted by atomic mass is 35.5. The third-order valence-corrected chi connectivity index (χ3v) is 4.22. The maximum atomic E-state index is 11.4. The molecule has 0 aromatic heterocycles. The van der Waals surface area contributed by atoms with Gasteiger partial charge in [-0.05, 0) is 12.5 Å². The molecule has 0 bridgehead atoms. The number of fused-ring (bicyclic) bond motifs is 3. The number of carboxylic acids is 1. The van der Waals surface area contributed by atoms with Crippen molar-refractivity contribution in [1.82, 2.24) is 0 Å². The van der Waals surface area contributed by atoms with E-state index in [9.17, 15) is 20.0 Å². The zero-order chi connectivity index (χ0) is 14.4. The average Bonchev–Trinajstić information content (AvgIpc) is 2.86. The summed E-state index contributed by atoms with van der Waals surface area (Å²) in [7, 11) is 0. The van der Waals surface area contributed by atoms with Gasteiger partial charge in [-0.1, -0.05) is 23.8 Å². The number of allylic oxidation sites excluding steroid dienone is 2. The van der Waals surface area contributed by atoms with Crippen LogP contribution in [0.2, 0.25) is 5.02 Å². The Morgan fingerprint density at radius 3 is 2.90 bits per heavy atom. The lowest BCUT2D eigenvalue weighted by molar-refractivity contribution is -0.385. The van der Waals surface area contributed by atoms with Crippen molar-refractivity contribution >= 4 is 28.9 Å². The molecule has 0 spiro atoms. The predicted molar refractivity (Wildman–Crippen MR) is 73.1 cm³/mol. The van der Waals surface area contributed by atoms with Crippen molar-refractivity contribution in [2.75, 3.05) is 5.32 Å².